The topological polar surface area (TPSA) is 19.6 Å². The number of nitrogens with zero attached hydrogens (tertiary/aromatic N) is 2. The van der Waals surface area contributed by atoms with E-state index in [1.807, 2.05) is 12.1 Å². The molecule has 4 heteroatoms. The molecular formula is C65H75BN2O. The zero-order valence-corrected chi connectivity index (χ0v) is 44.3. The van der Waals surface area contributed by atoms with Crippen LogP contribution in [0.4, 0.5) is 34.1 Å². The molecule has 7 aromatic rings. The molecule has 6 aromatic carbocycles. The minimum atomic E-state index is -2.38. The van der Waals surface area contributed by atoms with Gasteiger partial charge in [-0.2, -0.15) is 0 Å². The fraction of sp³-hybridized carbons (Fsp3) is 0.446. The number of anilines is 6. The molecule has 1 aromatic heterocycles. The summed E-state index contributed by atoms with van der Waals surface area (Å²) < 4.78 is 34.7. The Bertz CT molecular complexity index is 3480. The third-order valence-corrected chi connectivity index (χ3v) is 18.6. The second kappa shape index (κ2) is 14.0. The standard InChI is InChI=1S/C65H75BN2O/c1-38-29-54-57-55(30-38)68(40-31-42-41-19-17-18-20-56(41)69-58(42)49(33-40)59(2,3)4)53-37-48-46(63(11,12)26-28-65(48,15)16)35-51(53)66(57)50-34-45-47(64(13,14)27-25-62(45,9)10)36-52(50)67(54)39-21-22-43-44(32-39)61(7,8)24-23-60(43,5)6/h17-22,29-37H,23-28H2,1-16H3/i1D3. The van der Waals surface area contributed by atoms with Gasteiger partial charge in [0, 0.05) is 54.6 Å². The second-order valence-electron chi connectivity index (χ2n) is 27.2. The van der Waals surface area contributed by atoms with Gasteiger partial charge in [-0.3, -0.25) is 0 Å². The molecule has 69 heavy (non-hydrogen) atoms. The van der Waals surface area contributed by atoms with Crippen LogP contribution >= 0.6 is 0 Å². The van der Waals surface area contributed by atoms with Crippen molar-refractivity contribution < 1.29 is 8.53 Å². The van der Waals surface area contributed by atoms with Crippen LogP contribution in [0.1, 0.15) is 191 Å². The second-order valence-corrected chi connectivity index (χ2v) is 27.2. The van der Waals surface area contributed by atoms with Crippen LogP contribution in [-0.2, 0) is 37.9 Å². The number of fused-ring (bicyclic) bond motifs is 10. The van der Waals surface area contributed by atoms with Gasteiger partial charge in [0.1, 0.15) is 11.2 Å². The van der Waals surface area contributed by atoms with E-state index in [-0.39, 0.29) is 44.6 Å². The van der Waals surface area contributed by atoms with Crippen molar-refractivity contribution in [2.75, 3.05) is 9.80 Å². The van der Waals surface area contributed by atoms with E-state index < -0.39 is 6.85 Å². The van der Waals surface area contributed by atoms with E-state index in [1.165, 1.54) is 44.3 Å². The highest BCUT2D eigenvalue weighted by Crippen LogP contribution is 2.55. The van der Waals surface area contributed by atoms with Gasteiger partial charge >= 0.3 is 0 Å². The van der Waals surface area contributed by atoms with Crippen LogP contribution in [0.25, 0.3) is 21.9 Å². The first-order valence-electron chi connectivity index (χ1n) is 27.7. The van der Waals surface area contributed by atoms with Crippen LogP contribution < -0.4 is 26.2 Å². The van der Waals surface area contributed by atoms with Crippen molar-refractivity contribution in [3.63, 3.8) is 0 Å². The monoisotopic (exact) mass is 914 g/mol. The van der Waals surface area contributed by atoms with Crippen LogP contribution in [0.3, 0.4) is 0 Å². The Hall–Kier alpha value is -5.22. The Morgan fingerprint density at radius 3 is 1.45 bits per heavy atom. The first kappa shape index (κ1) is 41.6. The van der Waals surface area contributed by atoms with Crippen molar-refractivity contribution in [2.24, 2.45) is 0 Å². The predicted molar refractivity (Wildman–Crippen MR) is 297 cm³/mol. The van der Waals surface area contributed by atoms with Gasteiger partial charge in [-0.15, -0.1) is 0 Å². The first-order valence-corrected chi connectivity index (χ1v) is 26.2. The predicted octanol–water partition coefficient (Wildman–Crippen LogP) is 16.3. The summed E-state index contributed by atoms with van der Waals surface area (Å²) in [4.78, 5) is 4.97. The maximum absolute atomic E-state index is 9.30. The fourth-order valence-corrected chi connectivity index (χ4v) is 13.9. The Morgan fingerprint density at radius 2 is 0.942 bits per heavy atom. The number of hydrogen-bond acceptors (Lipinski definition) is 3. The van der Waals surface area contributed by atoms with E-state index in [0.29, 0.717) is 5.56 Å². The van der Waals surface area contributed by atoms with Gasteiger partial charge < -0.3 is 14.2 Å². The SMILES string of the molecule is [2H]C([2H])([2H])c1cc2c3c(c1)N(c1cc(C(C)(C)C)c4oc5ccccc5c4c1)c1cc4c(cc1B3c1cc3c(cc1N2c1ccc2c(c1)C(C)(C)CCC2(C)C)C(C)(C)CCC3(C)C)C(C)(C)CCC4(C)C. The lowest BCUT2D eigenvalue weighted by Crippen LogP contribution is -2.62. The molecule has 0 bridgehead atoms. The van der Waals surface area contributed by atoms with Crippen molar-refractivity contribution in [3.8, 4) is 0 Å². The molecule has 0 saturated carbocycles. The highest BCUT2D eigenvalue weighted by atomic mass is 16.3. The van der Waals surface area contributed by atoms with E-state index in [0.717, 1.165) is 106 Å². The molecule has 0 fully saturated rings. The van der Waals surface area contributed by atoms with Gasteiger partial charge in [-0.05, 0) is 193 Å². The number of para-hydroxylation sites is 1. The molecule has 0 radical (unpaired) electrons. The largest absolute Gasteiger partial charge is 0.456 e. The molecule has 354 valence electrons. The zero-order valence-electron chi connectivity index (χ0n) is 47.3. The van der Waals surface area contributed by atoms with E-state index in [9.17, 15) is 4.11 Å². The summed E-state index contributed by atoms with van der Waals surface area (Å²) >= 11 is 0. The Kier molecular flexibility index (Phi) is 8.44. The number of furan rings is 1. The smallest absolute Gasteiger partial charge is 0.252 e. The van der Waals surface area contributed by atoms with Gasteiger partial charge in [-0.25, -0.2) is 0 Å². The normalized spacial score (nSPS) is 21.6. The molecule has 0 amide bonds. The fourth-order valence-electron chi connectivity index (χ4n) is 13.9. The molecule has 3 nitrogen and oxygen atoms in total. The molecule has 0 spiro atoms. The molecule has 5 aliphatic rings. The maximum Gasteiger partial charge on any atom is 0.252 e. The van der Waals surface area contributed by atoms with Gasteiger partial charge in [0.25, 0.3) is 6.71 Å². The Morgan fingerprint density at radius 1 is 0.478 bits per heavy atom. The zero-order chi connectivity index (χ0) is 51.4. The lowest BCUT2D eigenvalue weighted by molar-refractivity contribution is 0.332. The van der Waals surface area contributed by atoms with Gasteiger partial charge in [0.2, 0.25) is 0 Å². The molecule has 2 aliphatic heterocycles. The average molecular weight is 914 g/mol. The summed E-state index contributed by atoms with van der Waals surface area (Å²) in [6, 6.07) is 34.7. The maximum atomic E-state index is 9.30. The van der Waals surface area contributed by atoms with Crippen molar-refractivity contribution in [3.05, 3.63) is 136 Å². The van der Waals surface area contributed by atoms with Crippen LogP contribution in [0, 0.1) is 6.85 Å². The summed E-state index contributed by atoms with van der Waals surface area (Å²) in [5.74, 6) is 0. The Labute approximate surface area is 418 Å². The quantitative estimate of drug-likeness (QED) is 0.161. The van der Waals surface area contributed by atoms with Crippen LogP contribution in [0.15, 0.2) is 95.4 Å². The van der Waals surface area contributed by atoms with Crippen LogP contribution in [0.2, 0.25) is 0 Å². The van der Waals surface area contributed by atoms with E-state index in [2.05, 4.69) is 193 Å². The minimum absolute atomic E-state index is 0.0279. The lowest BCUT2D eigenvalue weighted by Gasteiger charge is -2.49. The molecule has 0 unspecified atom stereocenters. The number of benzene rings is 6. The van der Waals surface area contributed by atoms with E-state index in [4.69, 9.17) is 4.42 Å². The summed E-state index contributed by atoms with van der Waals surface area (Å²) in [5, 5.41) is 2.15. The average Bonchev–Trinajstić information content (AvgIpc) is 3.67. The summed E-state index contributed by atoms with van der Waals surface area (Å²) in [7, 11) is 0. The highest BCUT2D eigenvalue weighted by Gasteiger charge is 2.49. The lowest BCUT2D eigenvalue weighted by atomic mass is 9.32. The van der Waals surface area contributed by atoms with Crippen molar-refractivity contribution in [1.29, 1.82) is 0 Å². The van der Waals surface area contributed by atoms with E-state index in [1.54, 1.807) is 0 Å². The number of aryl methyl sites for hydroxylation is 1. The molecule has 0 atom stereocenters. The van der Waals surface area contributed by atoms with Crippen LogP contribution in [-0.4, -0.2) is 6.71 Å². The molecule has 3 heterocycles. The molecule has 0 N–H and O–H groups in total. The summed E-state index contributed by atoms with van der Waals surface area (Å²) in [6.45, 7) is 33.4. The summed E-state index contributed by atoms with van der Waals surface area (Å²) in [6.07, 6.45) is 6.65. The third-order valence-electron chi connectivity index (χ3n) is 18.6. The molecule has 12 rings (SSSR count). The van der Waals surface area contributed by atoms with Gasteiger partial charge in [0.15, 0.2) is 0 Å². The Balaban J connectivity index is 1.26. The molecule has 3 aliphatic carbocycles. The van der Waals surface area contributed by atoms with Crippen molar-refractivity contribution in [1.82, 2.24) is 0 Å². The van der Waals surface area contributed by atoms with Gasteiger partial charge in [-0.1, -0.05) is 140 Å². The highest BCUT2D eigenvalue weighted by molar-refractivity contribution is 7.00. The molecular weight excluding hydrogens is 836 g/mol. The molecule has 0 saturated heterocycles. The van der Waals surface area contributed by atoms with Gasteiger partial charge in [0.05, 0.1) is 0 Å². The van der Waals surface area contributed by atoms with Crippen molar-refractivity contribution >= 4 is 79.2 Å². The number of rotatable bonds is 2. The third kappa shape index (κ3) is 6.44. The van der Waals surface area contributed by atoms with Crippen molar-refractivity contribution in [2.45, 2.75) is 187 Å². The number of hydrogen-bond donors (Lipinski definition) is 0. The van der Waals surface area contributed by atoms with E-state index >= 15 is 0 Å². The first-order chi connectivity index (χ1) is 33.4. The van der Waals surface area contributed by atoms with Crippen LogP contribution in [0.5, 0.6) is 0 Å². The minimum Gasteiger partial charge on any atom is -0.456 e. The summed E-state index contributed by atoms with van der Waals surface area (Å²) in [5.41, 5.74) is 21.3.